The van der Waals surface area contributed by atoms with E-state index in [1.807, 2.05) is 32.9 Å². The summed E-state index contributed by atoms with van der Waals surface area (Å²) in [5.74, 6) is 1.82. The zero-order valence-electron chi connectivity index (χ0n) is 17.0. The summed E-state index contributed by atoms with van der Waals surface area (Å²) in [7, 11) is 0. The van der Waals surface area contributed by atoms with Crippen molar-refractivity contribution in [2.75, 3.05) is 39.3 Å². The van der Waals surface area contributed by atoms with Gasteiger partial charge in [-0.15, -0.1) is 0 Å². The van der Waals surface area contributed by atoms with Crippen LogP contribution in [0.25, 0.3) is 0 Å². The van der Waals surface area contributed by atoms with E-state index in [4.69, 9.17) is 9.41 Å². The number of guanidine groups is 1. The van der Waals surface area contributed by atoms with E-state index in [1.54, 1.807) is 6.26 Å². The third-order valence-corrected chi connectivity index (χ3v) is 4.71. The van der Waals surface area contributed by atoms with Crippen molar-refractivity contribution in [2.24, 2.45) is 10.9 Å². The number of nitrogens with zero attached hydrogens (tertiary/aromatic N) is 2. The van der Waals surface area contributed by atoms with Gasteiger partial charge in [0.2, 0.25) is 5.91 Å². The second-order valence-corrected chi connectivity index (χ2v) is 7.22. The second-order valence-electron chi connectivity index (χ2n) is 7.22. The van der Waals surface area contributed by atoms with Crippen LogP contribution in [0, 0.1) is 5.92 Å². The summed E-state index contributed by atoms with van der Waals surface area (Å²) in [5, 5.41) is 9.48. The number of aliphatic imine (C=N–C) groups is 1. The molecule has 0 aromatic carbocycles. The van der Waals surface area contributed by atoms with Crippen molar-refractivity contribution in [3.63, 3.8) is 0 Å². The first kappa shape index (κ1) is 21.3. The van der Waals surface area contributed by atoms with E-state index in [0.29, 0.717) is 19.6 Å². The van der Waals surface area contributed by atoms with Crippen molar-refractivity contribution in [2.45, 2.75) is 46.1 Å². The normalized spacial score (nSPS) is 17.0. The Balaban J connectivity index is 1.92. The van der Waals surface area contributed by atoms with E-state index in [1.165, 1.54) is 19.3 Å². The molecule has 7 heteroatoms. The standard InChI is InChI=1S/C20H35N5O2/c1-4-21-20(23-11-10-22-19(26)16(2)3)24-15-17(18-9-8-14-27-18)25-12-6-5-7-13-25/h8-9,14,16-17H,4-7,10-13,15H2,1-3H3,(H,22,26)(H2,21,23,24). The molecule has 2 rings (SSSR count). The molecule has 0 spiro atoms. The fourth-order valence-corrected chi connectivity index (χ4v) is 3.19. The molecule has 1 atom stereocenters. The summed E-state index contributed by atoms with van der Waals surface area (Å²) >= 11 is 0. The van der Waals surface area contributed by atoms with Crippen molar-refractivity contribution in [3.05, 3.63) is 24.2 Å². The van der Waals surface area contributed by atoms with Crippen LogP contribution in [-0.4, -0.2) is 56.0 Å². The summed E-state index contributed by atoms with van der Waals surface area (Å²) in [4.78, 5) is 18.9. The minimum atomic E-state index is 0.00509. The van der Waals surface area contributed by atoms with Gasteiger partial charge in [0.05, 0.1) is 18.8 Å². The molecule has 0 bridgehead atoms. The van der Waals surface area contributed by atoms with Crippen LogP contribution in [0.5, 0.6) is 0 Å². The molecule has 1 aliphatic rings. The number of likely N-dealkylation sites (tertiary alicyclic amines) is 1. The number of piperidine rings is 1. The first-order valence-corrected chi connectivity index (χ1v) is 10.2. The predicted molar refractivity (Wildman–Crippen MR) is 109 cm³/mol. The van der Waals surface area contributed by atoms with E-state index in [9.17, 15) is 4.79 Å². The van der Waals surface area contributed by atoms with Gasteiger partial charge in [-0.05, 0) is 45.0 Å². The minimum Gasteiger partial charge on any atom is -0.468 e. The van der Waals surface area contributed by atoms with Gasteiger partial charge in [-0.3, -0.25) is 14.7 Å². The lowest BCUT2D eigenvalue weighted by Gasteiger charge is -2.32. The highest BCUT2D eigenvalue weighted by molar-refractivity contribution is 5.80. The van der Waals surface area contributed by atoms with Gasteiger partial charge in [0.1, 0.15) is 5.76 Å². The molecule has 1 amide bonds. The number of hydrogen-bond acceptors (Lipinski definition) is 4. The molecule has 0 radical (unpaired) electrons. The van der Waals surface area contributed by atoms with E-state index < -0.39 is 0 Å². The maximum atomic E-state index is 11.6. The summed E-state index contributed by atoms with van der Waals surface area (Å²) < 4.78 is 5.69. The molecule has 27 heavy (non-hydrogen) atoms. The van der Waals surface area contributed by atoms with Gasteiger partial charge in [-0.1, -0.05) is 20.3 Å². The van der Waals surface area contributed by atoms with Crippen molar-refractivity contribution in [1.29, 1.82) is 0 Å². The van der Waals surface area contributed by atoms with E-state index >= 15 is 0 Å². The lowest BCUT2D eigenvalue weighted by atomic mass is 10.1. The minimum absolute atomic E-state index is 0.00509. The van der Waals surface area contributed by atoms with Gasteiger partial charge in [0.15, 0.2) is 5.96 Å². The van der Waals surface area contributed by atoms with Crippen LogP contribution in [0.15, 0.2) is 27.8 Å². The highest BCUT2D eigenvalue weighted by Crippen LogP contribution is 2.25. The summed E-state index contributed by atoms with van der Waals surface area (Å²) in [6.45, 7) is 10.7. The lowest BCUT2D eigenvalue weighted by Crippen LogP contribution is -2.43. The number of rotatable bonds is 9. The molecule has 1 saturated heterocycles. The molecular weight excluding hydrogens is 342 g/mol. The van der Waals surface area contributed by atoms with Gasteiger partial charge >= 0.3 is 0 Å². The third-order valence-electron chi connectivity index (χ3n) is 4.71. The monoisotopic (exact) mass is 377 g/mol. The van der Waals surface area contributed by atoms with Crippen molar-refractivity contribution < 1.29 is 9.21 Å². The number of furan rings is 1. The molecule has 152 valence electrons. The Morgan fingerprint density at radius 3 is 2.56 bits per heavy atom. The van der Waals surface area contributed by atoms with Crippen LogP contribution in [-0.2, 0) is 4.79 Å². The SMILES string of the molecule is CCNC(=NCC(c1ccco1)N1CCCCC1)NCCNC(=O)C(C)C. The average Bonchev–Trinajstić information content (AvgIpc) is 3.20. The molecule has 1 aliphatic heterocycles. The average molecular weight is 378 g/mol. The molecule has 1 aromatic rings. The molecule has 0 saturated carbocycles. The number of amides is 1. The first-order chi connectivity index (χ1) is 13.1. The Morgan fingerprint density at radius 1 is 1.19 bits per heavy atom. The van der Waals surface area contributed by atoms with Gasteiger partial charge in [-0.2, -0.15) is 0 Å². The molecule has 2 heterocycles. The molecular formula is C20H35N5O2. The van der Waals surface area contributed by atoms with Gasteiger partial charge < -0.3 is 20.4 Å². The number of carbonyl (C=O) groups excluding carboxylic acids is 1. The second kappa shape index (κ2) is 11.6. The number of hydrogen-bond donors (Lipinski definition) is 3. The molecule has 7 nitrogen and oxygen atoms in total. The van der Waals surface area contributed by atoms with Crippen molar-refractivity contribution >= 4 is 11.9 Å². The number of carbonyl (C=O) groups is 1. The zero-order valence-corrected chi connectivity index (χ0v) is 17.0. The quantitative estimate of drug-likeness (QED) is 0.349. The van der Waals surface area contributed by atoms with Crippen molar-refractivity contribution in [3.8, 4) is 0 Å². The lowest BCUT2D eigenvalue weighted by molar-refractivity contribution is -0.123. The fourth-order valence-electron chi connectivity index (χ4n) is 3.19. The smallest absolute Gasteiger partial charge is 0.222 e. The third kappa shape index (κ3) is 7.25. The molecule has 1 fully saturated rings. The van der Waals surface area contributed by atoms with Crippen LogP contribution >= 0.6 is 0 Å². The highest BCUT2D eigenvalue weighted by atomic mass is 16.3. The molecule has 1 aromatic heterocycles. The Hall–Kier alpha value is -2.02. The maximum absolute atomic E-state index is 11.6. The Kier molecular flexibility index (Phi) is 9.18. The fraction of sp³-hybridized carbons (Fsp3) is 0.700. The van der Waals surface area contributed by atoms with Gasteiger partial charge in [0, 0.05) is 25.6 Å². The molecule has 3 N–H and O–H groups in total. The zero-order chi connectivity index (χ0) is 19.5. The van der Waals surface area contributed by atoms with Crippen LogP contribution < -0.4 is 16.0 Å². The summed E-state index contributed by atoms with van der Waals surface area (Å²) in [6, 6.07) is 4.14. The number of nitrogens with one attached hydrogen (secondary N) is 3. The Morgan fingerprint density at radius 2 is 1.93 bits per heavy atom. The predicted octanol–water partition coefficient (Wildman–Crippen LogP) is 2.13. The largest absolute Gasteiger partial charge is 0.468 e. The summed E-state index contributed by atoms with van der Waals surface area (Å²) in [5.41, 5.74) is 0. The highest BCUT2D eigenvalue weighted by Gasteiger charge is 2.24. The molecule has 0 aliphatic carbocycles. The van der Waals surface area contributed by atoms with Crippen LogP contribution in [0.3, 0.4) is 0 Å². The van der Waals surface area contributed by atoms with Gasteiger partial charge in [-0.25, -0.2) is 0 Å². The Bertz CT molecular complexity index is 565. The maximum Gasteiger partial charge on any atom is 0.222 e. The first-order valence-electron chi connectivity index (χ1n) is 10.2. The van der Waals surface area contributed by atoms with Crippen LogP contribution in [0.4, 0.5) is 0 Å². The summed E-state index contributed by atoms with van der Waals surface area (Å²) in [6.07, 6.45) is 5.50. The van der Waals surface area contributed by atoms with E-state index in [-0.39, 0.29) is 17.9 Å². The topological polar surface area (TPSA) is 81.9 Å². The van der Waals surface area contributed by atoms with E-state index in [0.717, 1.165) is 31.4 Å². The van der Waals surface area contributed by atoms with E-state index in [2.05, 4.69) is 20.9 Å². The van der Waals surface area contributed by atoms with Crippen LogP contribution in [0.2, 0.25) is 0 Å². The van der Waals surface area contributed by atoms with Crippen LogP contribution in [0.1, 0.15) is 51.8 Å². The Labute approximate surface area is 163 Å². The van der Waals surface area contributed by atoms with Crippen molar-refractivity contribution in [1.82, 2.24) is 20.9 Å². The molecule has 1 unspecified atom stereocenters. The van der Waals surface area contributed by atoms with Gasteiger partial charge in [0.25, 0.3) is 0 Å².